The van der Waals surface area contributed by atoms with Gasteiger partial charge in [-0.05, 0) is 50.2 Å². The number of halogens is 1. The predicted molar refractivity (Wildman–Crippen MR) is 118 cm³/mol. The second-order valence-corrected chi connectivity index (χ2v) is 7.78. The molecule has 1 atom stereocenters. The lowest BCUT2D eigenvalue weighted by molar-refractivity contribution is 0.300. The fraction of sp³-hybridized carbons (Fsp3) is 0.583. The van der Waals surface area contributed by atoms with Crippen molar-refractivity contribution in [1.29, 1.82) is 0 Å². The van der Waals surface area contributed by atoms with E-state index in [-0.39, 0.29) is 0 Å². The summed E-state index contributed by atoms with van der Waals surface area (Å²) in [5.41, 5.74) is 1.23. The molecular weight excluding hydrogens is 356 g/mol. The summed E-state index contributed by atoms with van der Waals surface area (Å²) in [5, 5.41) is 2.60. The van der Waals surface area contributed by atoms with Crippen molar-refractivity contribution in [2.24, 2.45) is 0 Å². The van der Waals surface area contributed by atoms with Gasteiger partial charge in [-0.3, -0.25) is 0 Å². The first kappa shape index (κ1) is 21.9. The van der Waals surface area contributed by atoms with Crippen molar-refractivity contribution in [2.45, 2.75) is 77.5 Å². The molecule has 0 saturated carbocycles. The van der Waals surface area contributed by atoms with E-state index in [1.165, 1.54) is 18.4 Å². The highest BCUT2D eigenvalue weighted by atomic mass is 35.5. The van der Waals surface area contributed by atoms with E-state index >= 15 is 0 Å². The van der Waals surface area contributed by atoms with E-state index in [0.29, 0.717) is 5.38 Å². The lowest BCUT2D eigenvalue weighted by atomic mass is 10.0. The molecule has 0 aliphatic rings. The Balaban J connectivity index is 2.10. The highest BCUT2D eigenvalue weighted by Crippen LogP contribution is 2.37. The molecule has 0 aromatic heterocycles. The quantitative estimate of drug-likeness (QED) is 0.260. The molecule has 0 heterocycles. The first-order chi connectivity index (χ1) is 13.2. The van der Waals surface area contributed by atoms with Crippen LogP contribution in [0.25, 0.3) is 10.8 Å². The van der Waals surface area contributed by atoms with Crippen LogP contribution in [0.2, 0.25) is 0 Å². The minimum Gasteiger partial charge on any atom is -0.493 e. The smallest absolute Gasteiger partial charge is 0.130 e. The minimum absolute atomic E-state index is 0.293. The zero-order chi connectivity index (χ0) is 19.5. The van der Waals surface area contributed by atoms with Crippen LogP contribution in [-0.4, -0.2) is 18.6 Å². The molecule has 150 valence electrons. The summed E-state index contributed by atoms with van der Waals surface area (Å²) in [7, 11) is 0. The fourth-order valence-corrected chi connectivity index (χ4v) is 3.46. The Bertz CT molecular complexity index is 683. The molecule has 2 aromatic rings. The molecular formula is C24H35ClO2. The maximum atomic E-state index is 6.21. The maximum Gasteiger partial charge on any atom is 0.130 e. The van der Waals surface area contributed by atoms with Crippen LogP contribution in [0.3, 0.4) is 0 Å². The molecule has 0 aliphatic carbocycles. The van der Waals surface area contributed by atoms with E-state index in [1.54, 1.807) is 0 Å². The van der Waals surface area contributed by atoms with Gasteiger partial charge < -0.3 is 9.47 Å². The summed E-state index contributed by atoms with van der Waals surface area (Å²) in [6.07, 6.45) is 8.70. The highest BCUT2D eigenvalue weighted by molar-refractivity contribution is 6.20. The zero-order valence-corrected chi connectivity index (χ0v) is 18.0. The molecule has 2 aromatic carbocycles. The van der Waals surface area contributed by atoms with Gasteiger partial charge in [0, 0.05) is 16.1 Å². The van der Waals surface area contributed by atoms with Gasteiger partial charge in [0.1, 0.15) is 11.5 Å². The van der Waals surface area contributed by atoms with E-state index < -0.39 is 0 Å². The van der Waals surface area contributed by atoms with E-state index in [1.807, 2.05) is 0 Å². The van der Waals surface area contributed by atoms with Crippen molar-refractivity contribution in [3.8, 4) is 11.5 Å². The number of alkyl halides is 1. The SMILES string of the molecule is CCCCCOc1c(CC)cc(OCCCCC(Cl)CC)c2ccccc12. The molecule has 0 spiro atoms. The standard InChI is InChI=1S/C24H35ClO2/c1-4-7-11-17-27-24-19(5-2)18-23(21-14-8-9-15-22(21)24)26-16-12-10-13-20(25)6-3/h8-9,14-15,18,20H,4-7,10-13,16-17H2,1-3H3. The first-order valence-corrected chi connectivity index (χ1v) is 11.1. The van der Waals surface area contributed by atoms with E-state index in [2.05, 4.69) is 51.1 Å². The van der Waals surface area contributed by atoms with Crippen molar-refractivity contribution in [3.05, 3.63) is 35.9 Å². The van der Waals surface area contributed by atoms with Gasteiger partial charge in [0.15, 0.2) is 0 Å². The van der Waals surface area contributed by atoms with Crippen molar-refractivity contribution < 1.29 is 9.47 Å². The Morgan fingerprint density at radius 1 is 0.889 bits per heavy atom. The molecule has 0 radical (unpaired) electrons. The number of rotatable bonds is 13. The van der Waals surface area contributed by atoms with Crippen molar-refractivity contribution in [1.82, 2.24) is 0 Å². The minimum atomic E-state index is 0.293. The van der Waals surface area contributed by atoms with Gasteiger partial charge in [0.25, 0.3) is 0 Å². The van der Waals surface area contributed by atoms with E-state index in [9.17, 15) is 0 Å². The third-order valence-corrected chi connectivity index (χ3v) is 5.55. The van der Waals surface area contributed by atoms with Crippen molar-refractivity contribution in [2.75, 3.05) is 13.2 Å². The van der Waals surface area contributed by atoms with Crippen molar-refractivity contribution >= 4 is 22.4 Å². The number of unbranched alkanes of at least 4 members (excludes halogenated alkanes) is 3. The average Bonchev–Trinajstić information content (AvgIpc) is 2.71. The van der Waals surface area contributed by atoms with Crippen LogP contribution in [0.15, 0.2) is 30.3 Å². The Morgan fingerprint density at radius 2 is 1.59 bits per heavy atom. The van der Waals surface area contributed by atoms with E-state index in [0.717, 1.165) is 74.0 Å². The van der Waals surface area contributed by atoms with Crippen LogP contribution in [0, 0.1) is 0 Å². The van der Waals surface area contributed by atoms with E-state index in [4.69, 9.17) is 21.1 Å². The zero-order valence-electron chi connectivity index (χ0n) is 17.2. The fourth-order valence-electron chi connectivity index (χ4n) is 3.30. The lowest BCUT2D eigenvalue weighted by Gasteiger charge is -2.17. The topological polar surface area (TPSA) is 18.5 Å². The number of ether oxygens (including phenoxy) is 2. The predicted octanol–water partition coefficient (Wildman–Crippen LogP) is 7.54. The Morgan fingerprint density at radius 3 is 2.30 bits per heavy atom. The van der Waals surface area contributed by atoms with Crippen LogP contribution < -0.4 is 9.47 Å². The summed E-state index contributed by atoms with van der Waals surface area (Å²) in [5.74, 6) is 2.01. The number of fused-ring (bicyclic) bond motifs is 1. The summed E-state index contributed by atoms with van der Waals surface area (Å²) in [6, 6.07) is 10.6. The van der Waals surface area contributed by atoms with Gasteiger partial charge >= 0.3 is 0 Å². The van der Waals surface area contributed by atoms with Crippen LogP contribution in [0.1, 0.15) is 71.3 Å². The molecule has 2 rings (SSSR count). The second kappa shape index (κ2) is 12.1. The third-order valence-electron chi connectivity index (χ3n) is 5.02. The number of hydrogen-bond donors (Lipinski definition) is 0. The second-order valence-electron chi connectivity index (χ2n) is 7.17. The average molecular weight is 391 g/mol. The van der Waals surface area contributed by atoms with Gasteiger partial charge in [0.05, 0.1) is 13.2 Å². The molecule has 0 fully saturated rings. The maximum absolute atomic E-state index is 6.21. The molecule has 0 bridgehead atoms. The Labute approximate surface area is 170 Å². The van der Waals surface area contributed by atoms with Gasteiger partial charge in [-0.15, -0.1) is 11.6 Å². The molecule has 0 N–H and O–H groups in total. The molecule has 0 aliphatic heterocycles. The number of hydrogen-bond acceptors (Lipinski definition) is 2. The summed E-state index contributed by atoms with van der Waals surface area (Å²) in [4.78, 5) is 0. The number of benzene rings is 2. The van der Waals surface area contributed by atoms with Crippen LogP contribution in [-0.2, 0) is 6.42 Å². The number of aryl methyl sites for hydroxylation is 1. The summed E-state index contributed by atoms with van der Waals surface area (Å²) < 4.78 is 12.4. The monoisotopic (exact) mass is 390 g/mol. The Hall–Kier alpha value is -1.41. The van der Waals surface area contributed by atoms with Gasteiger partial charge in [-0.1, -0.05) is 57.9 Å². The van der Waals surface area contributed by atoms with Crippen LogP contribution >= 0.6 is 11.6 Å². The van der Waals surface area contributed by atoms with Crippen molar-refractivity contribution in [3.63, 3.8) is 0 Å². The largest absolute Gasteiger partial charge is 0.493 e. The van der Waals surface area contributed by atoms with Gasteiger partial charge in [-0.2, -0.15) is 0 Å². The molecule has 0 saturated heterocycles. The molecule has 27 heavy (non-hydrogen) atoms. The normalized spacial score (nSPS) is 12.3. The van der Waals surface area contributed by atoms with Gasteiger partial charge in [-0.25, -0.2) is 0 Å². The summed E-state index contributed by atoms with van der Waals surface area (Å²) >= 11 is 6.20. The van der Waals surface area contributed by atoms with Crippen LogP contribution in [0.4, 0.5) is 0 Å². The molecule has 3 heteroatoms. The molecule has 1 unspecified atom stereocenters. The first-order valence-electron chi connectivity index (χ1n) is 10.6. The highest BCUT2D eigenvalue weighted by Gasteiger charge is 2.13. The van der Waals surface area contributed by atoms with Crippen LogP contribution in [0.5, 0.6) is 11.5 Å². The third kappa shape index (κ3) is 6.60. The molecule has 2 nitrogen and oxygen atoms in total. The van der Waals surface area contributed by atoms with Gasteiger partial charge in [0.2, 0.25) is 0 Å². The Kier molecular flexibility index (Phi) is 9.83. The molecule has 0 amide bonds. The lowest BCUT2D eigenvalue weighted by Crippen LogP contribution is -2.04. The summed E-state index contributed by atoms with van der Waals surface area (Å²) in [6.45, 7) is 8.05.